The van der Waals surface area contributed by atoms with Gasteiger partial charge in [0.2, 0.25) is 0 Å². The summed E-state index contributed by atoms with van der Waals surface area (Å²) in [4.78, 5) is 11.2. The second-order valence-electron chi connectivity index (χ2n) is 4.14. The van der Waals surface area contributed by atoms with Crippen LogP contribution in [-0.4, -0.2) is 28.1 Å². The first-order chi connectivity index (χ1) is 8.69. The summed E-state index contributed by atoms with van der Waals surface area (Å²) in [5, 5.41) is 7.66. The Balaban J connectivity index is 2.08. The molecule has 1 atom stereocenters. The number of aromatic nitrogens is 3. The minimum Gasteiger partial charge on any atom is -0.464 e. The second kappa shape index (κ2) is 5.44. The lowest BCUT2D eigenvalue weighted by Crippen LogP contribution is -2.02. The minimum atomic E-state index is -0.472. The van der Waals surface area contributed by atoms with Gasteiger partial charge in [-0.2, -0.15) is 0 Å². The van der Waals surface area contributed by atoms with Crippen LogP contribution in [0, 0.1) is 5.92 Å². The Bertz CT molecular complexity index is 526. The molecule has 1 aliphatic rings. The van der Waals surface area contributed by atoms with E-state index in [9.17, 15) is 4.79 Å². The predicted molar refractivity (Wildman–Crippen MR) is 66.9 cm³/mol. The van der Waals surface area contributed by atoms with E-state index in [1.54, 1.807) is 10.9 Å². The van der Waals surface area contributed by atoms with Crippen molar-refractivity contribution in [2.24, 2.45) is 5.92 Å². The zero-order valence-electron chi connectivity index (χ0n) is 10.4. The van der Waals surface area contributed by atoms with E-state index in [-0.39, 0.29) is 5.69 Å². The molecule has 5 nitrogen and oxygen atoms in total. The van der Waals surface area contributed by atoms with Crippen molar-refractivity contribution in [1.29, 1.82) is 0 Å². The van der Waals surface area contributed by atoms with Crippen molar-refractivity contribution >= 4 is 5.97 Å². The van der Waals surface area contributed by atoms with Crippen LogP contribution in [0.4, 0.5) is 0 Å². The van der Waals surface area contributed by atoms with Crippen molar-refractivity contribution in [2.75, 3.05) is 7.11 Å². The summed E-state index contributed by atoms with van der Waals surface area (Å²) in [5.74, 6) is -0.0414. The van der Waals surface area contributed by atoms with Crippen LogP contribution in [-0.2, 0) is 11.3 Å². The minimum absolute atomic E-state index is 0.222. The highest BCUT2D eigenvalue weighted by atomic mass is 16.5. The predicted octanol–water partition coefficient (Wildman–Crippen LogP) is 1.75. The molecule has 1 aromatic heterocycles. The summed E-state index contributed by atoms with van der Waals surface area (Å²) in [6.45, 7) is 2.70. The molecular weight excluding hydrogens is 230 g/mol. The van der Waals surface area contributed by atoms with Crippen molar-refractivity contribution in [3.63, 3.8) is 0 Å². The fraction of sp³-hybridized carbons (Fsp3) is 0.308. The van der Waals surface area contributed by atoms with E-state index in [4.69, 9.17) is 0 Å². The van der Waals surface area contributed by atoms with Gasteiger partial charge in [0, 0.05) is 0 Å². The highest BCUT2D eigenvalue weighted by molar-refractivity contribution is 5.86. The molecule has 0 amide bonds. The Morgan fingerprint density at radius 3 is 3.11 bits per heavy atom. The SMILES string of the molecule is COC(=O)c1cn(CC2=CC=CC(C)C=C2)nn1. The molecule has 0 radical (unpaired) electrons. The maximum absolute atomic E-state index is 11.2. The van der Waals surface area contributed by atoms with Crippen molar-refractivity contribution in [2.45, 2.75) is 13.5 Å². The Kier molecular flexibility index (Phi) is 3.72. The van der Waals surface area contributed by atoms with E-state index in [1.807, 2.05) is 12.2 Å². The molecule has 0 saturated carbocycles. The molecule has 5 heteroatoms. The van der Waals surface area contributed by atoms with Crippen LogP contribution < -0.4 is 0 Å². The molecule has 1 unspecified atom stereocenters. The first-order valence-electron chi connectivity index (χ1n) is 5.73. The van der Waals surface area contributed by atoms with E-state index in [0.29, 0.717) is 12.5 Å². The smallest absolute Gasteiger partial charge is 0.360 e. The molecule has 0 aromatic carbocycles. The van der Waals surface area contributed by atoms with Gasteiger partial charge in [-0.05, 0) is 11.5 Å². The van der Waals surface area contributed by atoms with Gasteiger partial charge in [0.25, 0.3) is 0 Å². The molecule has 1 aromatic rings. The molecule has 0 bridgehead atoms. The Morgan fingerprint density at radius 2 is 2.33 bits per heavy atom. The van der Waals surface area contributed by atoms with Gasteiger partial charge < -0.3 is 4.74 Å². The zero-order valence-corrected chi connectivity index (χ0v) is 10.4. The lowest BCUT2D eigenvalue weighted by molar-refractivity contribution is 0.0594. The third-order valence-electron chi connectivity index (χ3n) is 2.62. The summed E-state index contributed by atoms with van der Waals surface area (Å²) in [7, 11) is 1.32. The number of ether oxygens (including phenoxy) is 1. The monoisotopic (exact) mass is 245 g/mol. The molecule has 0 spiro atoms. The van der Waals surface area contributed by atoms with E-state index in [1.165, 1.54) is 7.11 Å². The number of allylic oxidation sites excluding steroid dienone is 6. The third kappa shape index (κ3) is 2.94. The number of rotatable bonds is 3. The van der Waals surface area contributed by atoms with Crippen LogP contribution in [0.3, 0.4) is 0 Å². The standard InChI is InChI=1S/C13H15N3O2/c1-10-4-3-5-11(7-6-10)8-16-9-12(14-15-16)13(17)18-2/h3-7,9-10H,8H2,1-2H3. The largest absolute Gasteiger partial charge is 0.464 e. The number of hydrogen-bond donors (Lipinski definition) is 0. The Labute approximate surface area is 105 Å². The van der Waals surface area contributed by atoms with Gasteiger partial charge in [-0.25, -0.2) is 9.48 Å². The molecule has 1 heterocycles. The number of carbonyl (C=O) groups is 1. The average molecular weight is 245 g/mol. The number of carbonyl (C=O) groups excluding carboxylic acids is 1. The summed E-state index contributed by atoms with van der Waals surface area (Å²) in [6, 6.07) is 0. The molecular formula is C13H15N3O2. The molecule has 0 fully saturated rings. The Morgan fingerprint density at radius 1 is 1.50 bits per heavy atom. The fourth-order valence-electron chi connectivity index (χ4n) is 1.62. The van der Waals surface area contributed by atoms with Gasteiger partial charge in [-0.1, -0.05) is 42.5 Å². The quantitative estimate of drug-likeness (QED) is 0.761. The molecule has 18 heavy (non-hydrogen) atoms. The van der Waals surface area contributed by atoms with Crippen molar-refractivity contribution in [3.8, 4) is 0 Å². The molecule has 2 rings (SSSR count). The van der Waals surface area contributed by atoms with Crippen molar-refractivity contribution < 1.29 is 9.53 Å². The maximum atomic E-state index is 11.2. The topological polar surface area (TPSA) is 57.0 Å². The molecule has 0 N–H and O–H groups in total. The maximum Gasteiger partial charge on any atom is 0.360 e. The van der Waals surface area contributed by atoms with Gasteiger partial charge in [0.05, 0.1) is 19.9 Å². The Hall–Kier alpha value is -2.17. The lowest BCUT2D eigenvalue weighted by atomic mass is 10.1. The van der Waals surface area contributed by atoms with Gasteiger partial charge in [0.1, 0.15) is 0 Å². The number of hydrogen-bond acceptors (Lipinski definition) is 4. The van der Waals surface area contributed by atoms with Crippen molar-refractivity contribution in [1.82, 2.24) is 15.0 Å². The van der Waals surface area contributed by atoms with E-state index < -0.39 is 5.97 Å². The first-order valence-corrected chi connectivity index (χ1v) is 5.73. The van der Waals surface area contributed by atoms with E-state index >= 15 is 0 Å². The van der Waals surface area contributed by atoms with Gasteiger partial charge in [0.15, 0.2) is 5.69 Å². The lowest BCUT2D eigenvalue weighted by Gasteiger charge is -2.00. The van der Waals surface area contributed by atoms with Gasteiger partial charge in [-0.15, -0.1) is 5.10 Å². The van der Waals surface area contributed by atoms with Gasteiger partial charge >= 0.3 is 5.97 Å². The molecule has 94 valence electrons. The molecule has 1 aliphatic carbocycles. The highest BCUT2D eigenvalue weighted by Gasteiger charge is 2.10. The van der Waals surface area contributed by atoms with E-state index in [0.717, 1.165) is 5.57 Å². The summed E-state index contributed by atoms with van der Waals surface area (Å²) in [6.07, 6.45) is 11.9. The molecule has 0 aliphatic heterocycles. The normalized spacial score (nSPS) is 18.3. The first kappa shape index (κ1) is 12.3. The van der Waals surface area contributed by atoms with Crippen LogP contribution in [0.1, 0.15) is 17.4 Å². The molecule has 0 saturated heterocycles. The van der Waals surface area contributed by atoms with Crippen molar-refractivity contribution in [3.05, 3.63) is 47.8 Å². The van der Waals surface area contributed by atoms with E-state index in [2.05, 4.69) is 40.2 Å². The van der Waals surface area contributed by atoms with Crippen LogP contribution in [0.5, 0.6) is 0 Å². The van der Waals surface area contributed by atoms with Crippen LogP contribution >= 0.6 is 0 Å². The second-order valence-corrected chi connectivity index (χ2v) is 4.14. The number of methoxy groups -OCH3 is 1. The van der Waals surface area contributed by atoms with Gasteiger partial charge in [-0.3, -0.25) is 0 Å². The summed E-state index contributed by atoms with van der Waals surface area (Å²) < 4.78 is 6.20. The van der Waals surface area contributed by atoms with Crippen LogP contribution in [0.25, 0.3) is 0 Å². The summed E-state index contributed by atoms with van der Waals surface area (Å²) in [5.41, 5.74) is 1.33. The van der Waals surface area contributed by atoms with Crippen LogP contribution in [0.2, 0.25) is 0 Å². The highest BCUT2D eigenvalue weighted by Crippen LogP contribution is 2.11. The van der Waals surface area contributed by atoms with Crippen LogP contribution in [0.15, 0.2) is 42.2 Å². The third-order valence-corrected chi connectivity index (χ3v) is 2.62. The zero-order chi connectivity index (χ0) is 13.0. The summed E-state index contributed by atoms with van der Waals surface area (Å²) >= 11 is 0. The number of esters is 1. The number of nitrogens with zero attached hydrogens (tertiary/aromatic N) is 3. The fourth-order valence-corrected chi connectivity index (χ4v) is 1.62. The average Bonchev–Trinajstić information content (AvgIpc) is 2.73.